The second-order valence-electron chi connectivity index (χ2n) is 8.09. The Hall–Kier alpha value is -2.67. The summed E-state index contributed by atoms with van der Waals surface area (Å²) < 4.78 is 28.5. The van der Waals surface area contributed by atoms with Crippen molar-refractivity contribution >= 4 is 27.3 Å². The fraction of sp³-hybridized carbons (Fsp3) is 0.474. The van der Waals surface area contributed by atoms with Crippen LogP contribution in [0.15, 0.2) is 30.6 Å². The summed E-state index contributed by atoms with van der Waals surface area (Å²) in [6, 6.07) is 8.30. The van der Waals surface area contributed by atoms with Crippen LogP contribution in [0.25, 0.3) is 11.2 Å². The molecule has 2 aromatic heterocycles. The number of fused-ring (bicyclic) bond motifs is 2. The molecule has 31 heavy (non-hydrogen) atoms. The average Bonchev–Trinajstić information content (AvgIpc) is 3.43. The summed E-state index contributed by atoms with van der Waals surface area (Å²) >= 11 is 0. The lowest BCUT2D eigenvalue weighted by atomic mass is 10.1. The molecule has 0 amide bonds. The number of nitrogens with zero attached hydrogens (tertiary/aromatic N) is 5. The van der Waals surface area contributed by atoms with E-state index in [9.17, 15) is 13.5 Å². The average molecular weight is 446 g/mol. The maximum Gasteiger partial charge on any atom is 0.333 e. The van der Waals surface area contributed by atoms with Crippen LogP contribution in [0.1, 0.15) is 42.5 Å². The van der Waals surface area contributed by atoms with Gasteiger partial charge < -0.3 is 10.4 Å². The second kappa shape index (κ2) is 7.79. The van der Waals surface area contributed by atoms with E-state index in [0.29, 0.717) is 29.8 Å². The fourth-order valence-electron chi connectivity index (χ4n) is 4.62. The number of aliphatic hydroxyl groups is 1. The zero-order valence-corrected chi connectivity index (χ0v) is 17.4. The number of aromatic nitrogens is 5. The van der Waals surface area contributed by atoms with Crippen molar-refractivity contribution in [3.05, 3.63) is 41.7 Å². The van der Waals surface area contributed by atoms with Gasteiger partial charge in [-0.05, 0) is 36.8 Å². The third kappa shape index (κ3) is 3.99. The highest BCUT2D eigenvalue weighted by molar-refractivity contribution is 7.84. The Labute approximate surface area is 178 Å². The smallest absolute Gasteiger partial charge is 0.333 e. The molecule has 3 aromatic rings. The van der Waals surface area contributed by atoms with Crippen LogP contribution in [0.3, 0.4) is 0 Å². The minimum absolute atomic E-state index is 0.146. The molecule has 0 saturated heterocycles. The summed E-state index contributed by atoms with van der Waals surface area (Å²) in [6.07, 6.45) is 3.58. The van der Waals surface area contributed by atoms with Crippen LogP contribution < -0.4 is 10.5 Å². The number of hydrogen-bond donors (Lipinski definition) is 3. The van der Waals surface area contributed by atoms with Gasteiger partial charge in [-0.3, -0.25) is 4.18 Å². The molecule has 2 aliphatic rings. The standard InChI is InChI=1S/C19H23N7O4S/c20-31(28,29)30-9-12-7-13(8-16(12)27)26-19-17(24-25-26)18(21-10-22-19)23-15-6-5-11-3-1-2-4-14(11)15/h1-4,10,12-13,15-16,27H,5-9H2,(H2,20,28,29)(H,21,22,23). The predicted octanol–water partition coefficient (Wildman–Crippen LogP) is 0.853. The molecule has 5 rings (SSSR count). The normalized spacial score (nSPS) is 25.7. The molecule has 0 spiro atoms. The molecule has 1 saturated carbocycles. The van der Waals surface area contributed by atoms with Crippen LogP contribution >= 0.6 is 0 Å². The van der Waals surface area contributed by atoms with Gasteiger partial charge in [0.25, 0.3) is 0 Å². The van der Waals surface area contributed by atoms with Crippen molar-refractivity contribution in [2.24, 2.45) is 11.1 Å². The number of anilines is 1. The first-order valence-electron chi connectivity index (χ1n) is 10.1. The number of nitrogens with one attached hydrogen (secondary N) is 1. The lowest BCUT2D eigenvalue weighted by Gasteiger charge is -2.15. The van der Waals surface area contributed by atoms with E-state index in [1.807, 2.05) is 12.1 Å². The molecule has 1 aromatic carbocycles. The minimum Gasteiger partial charge on any atom is -0.393 e. The summed E-state index contributed by atoms with van der Waals surface area (Å²) in [5.74, 6) is 0.239. The lowest BCUT2D eigenvalue weighted by molar-refractivity contribution is 0.100. The van der Waals surface area contributed by atoms with Gasteiger partial charge in [-0.1, -0.05) is 29.5 Å². The van der Waals surface area contributed by atoms with Crippen LogP contribution in [-0.2, 0) is 20.9 Å². The van der Waals surface area contributed by atoms with Gasteiger partial charge >= 0.3 is 10.3 Å². The summed E-state index contributed by atoms with van der Waals surface area (Å²) in [5, 5.41) is 27.3. The first-order chi connectivity index (χ1) is 14.9. The van der Waals surface area contributed by atoms with E-state index in [-0.39, 0.29) is 24.6 Å². The molecular weight excluding hydrogens is 422 g/mol. The molecule has 2 heterocycles. The second-order valence-corrected chi connectivity index (χ2v) is 9.31. The van der Waals surface area contributed by atoms with Gasteiger partial charge in [0, 0.05) is 5.92 Å². The van der Waals surface area contributed by atoms with E-state index >= 15 is 0 Å². The largest absolute Gasteiger partial charge is 0.393 e. The highest BCUT2D eigenvalue weighted by atomic mass is 32.2. The molecule has 12 heteroatoms. The van der Waals surface area contributed by atoms with Gasteiger partial charge in [-0.25, -0.2) is 19.8 Å². The molecule has 2 aliphatic carbocycles. The SMILES string of the molecule is NS(=O)(=O)OCC1CC(n2nnc3c(NC4CCc5ccccc54)ncnc32)CC1O. The summed E-state index contributed by atoms with van der Waals surface area (Å²) in [4.78, 5) is 8.74. The quantitative estimate of drug-likeness (QED) is 0.500. The number of benzene rings is 1. The maximum absolute atomic E-state index is 11.1. The van der Waals surface area contributed by atoms with E-state index in [4.69, 9.17) is 5.14 Å². The monoisotopic (exact) mass is 445 g/mol. The Balaban J connectivity index is 1.37. The third-order valence-electron chi connectivity index (χ3n) is 6.13. The Morgan fingerprint density at radius 1 is 1.26 bits per heavy atom. The molecule has 4 atom stereocenters. The van der Waals surface area contributed by atoms with Gasteiger partial charge in [0.1, 0.15) is 6.33 Å². The summed E-state index contributed by atoms with van der Waals surface area (Å²) in [7, 11) is -4.05. The minimum atomic E-state index is -4.05. The number of hydrogen-bond acceptors (Lipinski definition) is 9. The van der Waals surface area contributed by atoms with E-state index in [1.54, 1.807) is 4.68 Å². The molecular formula is C19H23N7O4S. The van der Waals surface area contributed by atoms with Crippen molar-refractivity contribution in [3.8, 4) is 0 Å². The summed E-state index contributed by atoms with van der Waals surface area (Å²) in [6.45, 7) is -0.175. The predicted molar refractivity (Wildman–Crippen MR) is 111 cm³/mol. The molecule has 11 nitrogen and oxygen atoms in total. The zero-order valence-electron chi connectivity index (χ0n) is 16.6. The first-order valence-corrected chi connectivity index (χ1v) is 11.6. The van der Waals surface area contributed by atoms with E-state index < -0.39 is 16.4 Å². The highest BCUT2D eigenvalue weighted by Crippen LogP contribution is 2.37. The topological polar surface area (TPSA) is 158 Å². The van der Waals surface area contributed by atoms with Gasteiger partial charge in [-0.2, -0.15) is 8.42 Å². The van der Waals surface area contributed by atoms with Crippen molar-refractivity contribution in [3.63, 3.8) is 0 Å². The van der Waals surface area contributed by atoms with E-state index in [0.717, 1.165) is 12.8 Å². The lowest BCUT2D eigenvalue weighted by Crippen LogP contribution is -2.24. The van der Waals surface area contributed by atoms with Crippen molar-refractivity contribution in [1.82, 2.24) is 25.0 Å². The van der Waals surface area contributed by atoms with E-state index in [2.05, 4.69) is 41.9 Å². The third-order valence-corrected chi connectivity index (χ3v) is 6.59. The fourth-order valence-corrected chi connectivity index (χ4v) is 4.99. The Morgan fingerprint density at radius 2 is 2.10 bits per heavy atom. The van der Waals surface area contributed by atoms with Crippen LogP contribution in [-0.4, -0.2) is 51.2 Å². The Morgan fingerprint density at radius 3 is 2.94 bits per heavy atom. The van der Waals surface area contributed by atoms with E-state index in [1.165, 1.54) is 17.5 Å². The van der Waals surface area contributed by atoms with Gasteiger partial charge in [0.2, 0.25) is 0 Å². The van der Waals surface area contributed by atoms with Crippen molar-refractivity contribution in [1.29, 1.82) is 0 Å². The van der Waals surface area contributed by atoms with Crippen LogP contribution in [0.4, 0.5) is 5.82 Å². The highest BCUT2D eigenvalue weighted by Gasteiger charge is 2.36. The molecule has 0 radical (unpaired) electrons. The van der Waals surface area contributed by atoms with Crippen molar-refractivity contribution in [2.45, 2.75) is 43.9 Å². The van der Waals surface area contributed by atoms with Gasteiger partial charge in [0.05, 0.1) is 24.8 Å². The molecule has 4 unspecified atom stereocenters. The van der Waals surface area contributed by atoms with Crippen LogP contribution in [0, 0.1) is 5.92 Å². The maximum atomic E-state index is 11.1. The van der Waals surface area contributed by atoms with Crippen LogP contribution in [0.2, 0.25) is 0 Å². The van der Waals surface area contributed by atoms with Gasteiger partial charge in [-0.15, -0.1) is 5.10 Å². The molecule has 164 valence electrons. The first kappa shape index (κ1) is 20.2. The number of rotatable bonds is 6. The summed E-state index contributed by atoms with van der Waals surface area (Å²) in [5.41, 5.74) is 3.72. The zero-order chi connectivity index (χ0) is 21.6. The number of aliphatic hydroxyl groups excluding tert-OH is 1. The van der Waals surface area contributed by atoms with Crippen molar-refractivity contribution in [2.75, 3.05) is 11.9 Å². The molecule has 1 fully saturated rings. The Kier molecular flexibility index (Phi) is 5.08. The van der Waals surface area contributed by atoms with Gasteiger partial charge in [0.15, 0.2) is 17.0 Å². The van der Waals surface area contributed by atoms with Crippen LogP contribution in [0.5, 0.6) is 0 Å². The number of aryl methyl sites for hydroxylation is 1. The molecule has 0 aliphatic heterocycles. The molecule has 4 N–H and O–H groups in total. The van der Waals surface area contributed by atoms with Crippen molar-refractivity contribution < 1.29 is 17.7 Å². The molecule has 0 bridgehead atoms. The number of nitrogens with two attached hydrogens (primary N) is 1. The Bertz CT molecular complexity index is 1210.